The van der Waals surface area contributed by atoms with Crippen LogP contribution in [0.4, 0.5) is 0 Å². The Morgan fingerprint density at radius 3 is 1.67 bits per heavy atom. The maximum Gasteiger partial charge on any atom is 1.00 e. The molecule has 0 aliphatic heterocycles. The number of hydrogen-bond acceptors (Lipinski definition) is 4. The second-order valence-corrected chi connectivity index (χ2v) is 2.07. The molecule has 0 aromatic carbocycles. The first kappa shape index (κ1) is 23.0. The van der Waals surface area contributed by atoms with Gasteiger partial charge in [-0.15, -0.1) is 0 Å². The molecule has 0 heterocycles. The van der Waals surface area contributed by atoms with Crippen LogP contribution in [0, 0.1) is 11.8 Å². The third kappa shape index (κ3) is 22.4. The molecular weight excluding hydrogens is 187 g/mol. The first-order chi connectivity index (χ1) is 4.81. The first-order valence-electron chi connectivity index (χ1n) is 2.78. The van der Waals surface area contributed by atoms with E-state index < -0.39 is 8.60 Å². The van der Waals surface area contributed by atoms with Crippen LogP contribution in [0.15, 0.2) is 0 Å². The van der Waals surface area contributed by atoms with Gasteiger partial charge in [-0.2, -0.15) is 0 Å². The van der Waals surface area contributed by atoms with Crippen LogP contribution in [0.5, 0.6) is 0 Å². The summed E-state index contributed by atoms with van der Waals surface area (Å²) in [7, 11) is -1.58. The van der Waals surface area contributed by atoms with Gasteiger partial charge in [0.2, 0.25) is 0 Å². The Labute approximate surface area is 99.1 Å². The fourth-order valence-electron chi connectivity index (χ4n) is 0.258. The van der Waals surface area contributed by atoms with Gasteiger partial charge < -0.3 is 25.8 Å². The van der Waals surface area contributed by atoms with Gasteiger partial charge in [-0.1, -0.05) is 0 Å². The van der Waals surface area contributed by atoms with Gasteiger partial charge in [0.1, 0.15) is 0 Å². The van der Waals surface area contributed by atoms with Crippen LogP contribution < -0.4 is 29.6 Å². The Bertz CT molecular complexity index is 82.3. The molecule has 63 valence electrons. The quantitative estimate of drug-likeness (QED) is 0.322. The van der Waals surface area contributed by atoms with Crippen molar-refractivity contribution < 1.29 is 43.5 Å². The van der Waals surface area contributed by atoms with E-state index in [1.54, 1.807) is 0 Å². The predicted octanol–water partition coefficient (Wildman–Crippen LogP) is -2.00. The van der Waals surface area contributed by atoms with Crippen molar-refractivity contribution in [2.45, 2.75) is 13.8 Å². The summed E-state index contributed by atoms with van der Waals surface area (Å²) in [5.74, 6) is 0. The third-order valence-corrected chi connectivity index (χ3v) is 1.44. The molecule has 1 N–H and O–H groups in total. The van der Waals surface area contributed by atoms with Gasteiger partial charge in [0.15, 0.2) is 0 Å². The number of nitrogens with zero attached hydrogens (tertiary/aromatic N) is 1. The van der Waals surface area contributed by atoms with E-state index in [1.165, 1.54) is 0 Å². The molecule has 0 aliphatic carbocycles. The zero-order valence-electron chi connectivity index (χ0n) is 7.65. The average molecular weight is 198 g/mol. The SMILES string of the molecule is CCOP(O)OCC.[B].[C-]#N.[Na+]. The first-order valence-corrected chi connectivity index (χ1v) is 3.91. The van der Waals surface area contributed by atoms with E-state index in [0.717, 1.165) is 0 Å². The van der Waals surface area contributed by atoms with Crippen molar-refractivity contribution in [1.29, 1.82) is 5.26 Å². The molecule has 4 nitrogen and oxygen atoms in total. The zero-order chi connectivity index (χ0) is 8.41. The van der Waals surface area contributed by atoms with E-state index in [4.69, 9.17) is 16.7 Å². The van der Waals surface area contributed by atoms with Crippen LogP contribution in [-0.2, 0) is 9.05 Å². The standard InChI is InChI=1S/C4H11O3P.CN.B.Na/c1-3-6-8(5)7-4-2;1-2;;/h5H,3-4H2,1-2H3;;;/q;-1;;+1. The maximum absolute atomic E-state index is 8.67. The summed E-state index contributed by atoms with van der Waals surface area (Å²) >= 11 is 0. The topological polar surface area (TPSA) is 62.5 Å². The summed E-state index contributed by atoms with van der Waals surface area (Å²) in [6.45, 7) is 9.37. The van der Waals surface area contributed by atoms with Crippen LogP contribution >= 0.6 is 8.60 Å². The second-order valence-electron chi connectivity index (χ2n) is 1.07. The van der Waals surface area contributed by atoms with Gasteiger partial charge in [-0.25, -0.2) is 0 Å². The zero-order valence-corrected chi connectivity index (χ0v) is 10.5. The minimum Gasteiger partial charge on any atom is -0.512 e. The van der Waals surface area contributed by atoms with Crippen molar-refractivity contribution in [1.82, 2.24) is 0 Å². The van der Waals surface area contributed by atoms with E-state index in [0.29, 0.717) is 13.2 Å². The number of rotatable bonds is 4. The Hall–Kier alpha value is 0.865. The van der Waals surface area contributed by atoms with Gasteiger partial charge in [-0.05, 0) is 13.8 Å². The van der Waals surface area contributed by atoms with E-state index >= 15 is 0 Å². The molecule has 12 heavy (non-hydrogen) atoms. The summed E-state index contributed by atoms with van der Waals surface area (Å²) in [6.07, 6.45) is 0. The van der Waals surface area contributed by atoms with E-state index in [-0.39, 0.29) is 38.0 Å². The van der Waals surface area contributed by atoms with Crippen molar-refractivity contribution in [3.05, 3.63) is 6.57 Å². The van der Waals surface area contributed by atoms with Crippen LogP contribution in [-0.4, -0.2) is 26.5 Å². The minimum atomic E-state index is -1.58. The molecule has 0 amide bonds. The third-order valence-electron chi connectivity index (χ3n) is 0.479. The molecule has 0 unspecified atom stereocenters. The van der Waals surface area contributed by atoms with Gasteiger partial charge >= 0.3 is 38.2 Å². The molecule has 0 aliphatic rings. The number of hydrogen-bond donors (Lipinski definition) is 1. The van der Waals surface area contributed by atoms with E-state index in [9.17, 15) is 0 Å². The Morgan fingerprint density at radius 2 is 1.50 bits per heavy atom. The fraction of sp³-hybridized carbons (Fsp3) is 0.800. The normalized spacial score (nSPS) is 7.17. The van der Waals surface area contributed by atoms with Gasteiger partial charge in [0, 0.05) is 8.41 Å². The second kappa shape index (κ2) is 22.6. The van der Waals surface area contributed by atoms with Crippen molar-refractivity contribution in [3.8, 4) is 0 Å². The molecule has 0 aromatic rings. The molecular formula is C5H11BNNaO3P. The van der Waals surface area contributed by atoms with Crippen LogP contribution in [0.25, 0.3) is 0 Å². The molecule has 0 aromatic heterocycles. The Balaban J connectivity index is -0.0000000740. The van der Waals surface area contributed by atoms with Crippen LogP contribution in [0.2, 0.25) is 0 Å². The molecule has 7 heteroatoms. The van der Waals surface area contributed by atoms with Crippen LogP contribution in [0.1, 0.15) is 13.8 Å². The van der Waals surface area contributed by atoms with Crippen molar-refractivity contribution >= 4 is 17.0 Å². The smallest absolute Gasteiger partial charge is 0.512 e. The van der Waals surface area contributed by atoms with Gasteiger partial charge in [-0.3, -0.25) is 0 Å². The predicted molar refractivity (Wildman–Crippen MR) is 43.1 cm³/mol. The van der Waals surface area contributed by atoms with E-state index in [2.05, 4.69) is 9.05 Å². The molecule has 0 atom stereocenters. The summed E-state index contributed by atoms with van der Waals surface area (Å²) < 4.78 is 9.36. The van der Waals surface area contributed by atoms with Crippen molar-refractivity contribution in [3.63, 3.8) is 0 Å². The molecule has 3 radical (unpaired) electrons. The summed E-state index contributed by atoms with van der Waals surface area (Å²) in [4.78, 5) is 8.67. The van der Waals surface area contributed by atoms with Crippen LogP contribution in [0.3, 0.4) is 0 Å². The molecule has 0 fully saturated rings. The maximum atomic E-state index is 8.67. The Morgan fingerprint density at radius 1 is 1.25 bits per heavy atom. The summed E-state index contributed by atoms with van der Waals surface area (Å²) in [6, 6.07) is 0. The monoisotopic (exact) mass is 198 g/mol. The molecule has 0 saturated carbocycles. The van der Waals surface area contributed by atoms with Gasteiger partial charge in [0.25, 0.3) is 0 Å². The fourth-order valence-corrected chi connectivity index (χ4v) is 0.774. The van der Waals surface area contributed by atoms with Crippen molar-refractivity contribution in [2.75, 3.05) is 13.2 Å². The molecule has 0 saturated heterocycles. The Kier molecular flexibility index (Phi) is 43.5. The van der Waals surface area contributed by atoms with Crippen molar-refractivity contribution in [2.24, 2.45) is 0 Å². The molecule has 0 rings (SSSR count). The minimum absolute atomic E-state index is 0. The molecule has 0 spiro atoms. The summed E-state index contributed by atoms with van der Waals surface area (Å²) in [5, 5.41) is 6.25. The molecule has 0 bridgehead atoms. The van der Waals surface area contributed by atoms with E-state index in [1.807, 2.05) is 13.8 Å². The average Bonchev–Trinajstić information content (AvgIpc) is 1.93. The largest absolute Gasteiger partial charge is 1.00 e. The van der Waals surface area contributed by atoms with Gasteiger partial charge in [0.05, 0.1) is 13.2 Å². The summed E-state index contributed by atoms with van der Waals surface area (Å²) in [5.41, 5.74) is 0.